The highest BCUT2D eigenvalue weighted by Gasteiger charge is 2.22. The molecule has 0 aromatic heterocycles. The Labute approximate surface area is 96.2 Å². The largest absolute Gasteiger partial charge is 0.391 e. The van der Waals surface area contributed by atoms with Crippen molar-refractivity contribution in [1.82, 2.24) is 0 Å². The van der Waals surface area contributed by atoms with Crippen LogP contribution in [0.25, 0.3) is 0 Å². The molecule has 1 unspecified atom stereocenters. The van der Waals surface area contributed by atoms with Crippen molar-refractivity contribution in [2.45, 2.75) is 19.4 Å². The van der Waals surface area contributed by atoms with Crippen molar-refractivity contribution in [3.63, 3.8) is 0 Å². The summed E-state index contributed by atoms with van der Waals surface area (Å²) >= 11 is 0. The van der Waals surface area contributed by atoms with Crippen molar-refractivity contribution < 1.29 is 18.8 Å². The second-order valence-electron chi connectivity index (χ2n) is 3.48. The molecule has 94 valence electrons. The van der Waals surface area contributed by atoms with Gasteiger partial charge in [0.1, 0.15) is 11.5 Å². The van der Waals surface area contributed by atoms with E-state index >= 15 is 0 Å². The van der Waals surface area contributed by atoms with E-state index in [1.165, 1.54) is 0 Å². The average Bonchev–Trinajstić information content (AvgIpc) is 2.24. The van der Waals surface area contributed by atoms with E-state index < -0.39 is 28.3 Å². The number of aliphatic hydroxyl groups is 1. The molecule has 5 nitrogen and oxygen atoms in total. The predicted octanol–water partition coefficient (Wildman–Crippen LogP) is 2.06. The monoisotopic (exact) mass is 246 g/mol. The summed E-state index contributed by atoms with van der Waals surface area (Å²) in [5.74, 6) is -2.16. The molecule has 0 bridgehead atoms. The van der Waals surface area contributed by atoms with Crippen molar-refractivity contribution in [3.8, 4) is 0 Å². The molecule has 0 aliphatic carbocycles. The molecule has 1 aromatic rings. The molecule has 0 radical (unpaired) electrons. The van der Waals surface area contributed by atoms with Gasteiger partial charge < -0.3 is 10.4 Å². The normalized spacial score (nSPS) is 12.2. The lowest BCUT2D eigenvalue weighted by Crippen LogP contribution is -2.19. The van der Waals surface area contributed by atoms with Crippen LogP contribution in [0.15, 0.2) is 12.1 Å². The van der Waals surface area contributed by atoms with Gasteiger partial charge in [0.25, 0.3) is 0 Å². The zero-order valence-corrected chi connectivity index (χ0v) is 9.11. The molecular weight excluding hydrogens is 234 g/mol. The number of anilines is 1. The van der Waals surface area contributed by atoms with Crippen LogP contribution in [0.1, 0.15) is 13.3 Å². The number of nitro benzene ring substituents is 1. The lowest BCUT2D eigenvalue weighted by Gasteiger charge is -2.11. The molecule has 0 saturated heterocycles. The molecule has 1 rings (SSSR count). The van der Waals surface area contributed by atoms with E-state index in [9.17, 15) is 24.0 Å². The van der Waals surface area contributed by atoms with Crippen molar-refractivity contribution in [2.75, 3.05) is 11.9 Å². The van der Waals surface area contributed by atoms with Gasteiger partial charge in [0.15, 0.2) is 0 Å². The van der Waals surface area contributed by atoms with Crippen LogP contribution in [0.2, 0.25) is 0 Å². The fourth-order valence-electron chi connectivity index (χ4n) is 1.26. The van der Waals surface area contributed by atoms with E-state index in [0.29, 0.717) is 12.5 Å². The standard InChI is InChI=1S/C10H12F2N2O3/c1-2-7(15)5-13-9-4-6(11)3-8(12)10(9)14(16)17/h3-4,7,13,15H,2,5H2,1H3. The lowest BCUT2D eigenvalue weighted by molar-refractivity contribution is -0.386. The van der Waals surface area contributed by atoms with E-state index in [4.69, 9.17) is 0 Å². The van der Waals surface area contributed by atoms with E-state index in [1.54, 1.807) is 6.92 Å². The topological polar surface area (TPSA) is 75.4 Å². The van der Waals surface area contributed by atoms with E-state index in [2.05, 4.69) is 5.32 Å². The van der Waals surface area contributed by atoms with E-state index in [1.807, 2.05) is 0 Å². The zero-order valence-electron chi connectivity index (χ0n) is 9.11. The van der Waals surface area contributed by atoms with Crippen molar-refractivity contribution >= 4 is 11.4 Å². The molecule has 0 heterocycles. The second kappa shape index (κ2) is 5.53. The minimum Gasteiger partial charge on any atom is -0.391 e. The zero-order chi connectivity index (χ0) is 13.0. The molecule has 0 aliphatic heterocycles. The molecule has 0 amide bonds. The maximum absolute atomic E-state index is 13.2. The molecule has 17 heavy (non-hydrogen) atoms. The van der Waals surface area contributed by atoms with Crippen molar-refractivity contribution in [2.24, 2.45) is 0 Å². The molecular formula is C10H12F2N2O3. The minimum absolute atomic E-state index is 0.0137. The van der Waals surface area contributed by atoms with Gasteiger partial charge in [-0.15, -0.1) is 0 Å². The molecule has 2 N–H and O–H groups in total. The first-order valence-electron chi connectivity index (χ1n) is 5.01. The maximum Gasteiger partial charge on any atom is 0.327 e. The summed E-state index contributed by atoms with van der Waals surface area (Å²) in [6.07, 6.45) is -0.306. The minimum atomic E-state index is -1.25. The van der Waals surface area contributed by atoms with E-state index in [-0.39, 0.29) is 12.2 Å². The Bertz CT molecular complexity index is 426. The number of nitrogens with zero attached hydrogens (tertiary/aromatic N) is 1. The van der Waals surface area contributed by atoms with Crippen molar-refractivity contribution in [1.29, 1.82) is 0 Å². The molecule has 0 aliphatic rings. The fourth-order valence-corrected chi connectivity index (χ4v) is 1.26. The Morgan fingerprint density at radius 3 is 2.71 bits per heavy atom. The highest BCUT2D eigenvalue weighted by Crippen LogP contribution is 2.28. The quantitative estimate of drug-likeness (QED) is 0.616. The molecule has 0 saturated carbocycles. The average molecular weight is 246 g/mol. The Kier molecular flexibility index (Phi) is 4.33. The van der Waals surface area contributed by atoms with Crippen molar-refractivity contribution in [3.05, 3.63) is 33.9 Å². The number of hydrogen-bond acceptors (Lipinski definition) is 4. The van der Waals surface area contributed by atoms with Crippen LogP contribution in [-0.2, 0) is 0 Å². The molecule has 1 atom stereocenters. The van der Waals surface area contributed by atoms with Gasteiger partial charge in [-0.3, -0.25) is 10.1 Å². The number of nitrogens with one attached hydrogen (secondary N) is 1. The molecule has 0 fully saturated rings. The smallest absolute Gasteiger partial charge is 0.327 e. The van der Waals surface area contributed by atoms with Gasteiger partial charge >= 0.3 is 5.69 Å². The van der Waals surface area contributed by atoms with Gasteiger partial charge in [0, 0.05) is 18.7 Å². The summed E-state index contributed by atoms with van der Waals surface area (Å²) in [5, 5.41) is 22.3. The first-order valence-corrected chi connectivity index (χ1v) is 5.01. The Hall–Kier alpha value is -1.76. The SMILES string of the molecule is CCC(O)CNc1cc(F)cc(F)c1[N+](=O)[O-]. The van der Waals surface area contributed by atoms with Gasteiger partial charge in [-0.2, -0.15) is 4.39 Å². The summed E-state index contributed by atoms with van der Waals surface area (Å²) in [6.45, 7) is 1.70. The van der Waals surface area contributed by atoms with Gasteiger partial charge in [0.2, 0.25) is 5.82 Å². The summed E-state index contributed by atoms with van der Waals surface area (Å²) in [6, 6.07) is 1.27. The summed E-state index contributed by atoms with van der Waals surface area (Å²) < 4.78 is 26.1. The van der Waals surface area contributed by atoms with Gasteiger partial charge in [-0.1, -0.05) is 6.92 Å². The highest BCUT2D eigenvalue weighted by molar-refractivity contribution is 5.62. The molecule has 7 heteroatoms. The van der Waals surface area contributed by atoms with Crippen LogP contribution in [0.4, 0.5) is 20.2 Å². The van der Waals surface area contributed by atoms with Crippen LogP contribution in [0, 0.1) is 21.7 Å². The Morgan fingerprint density at radius 2 is 2.18 bits per heavy atom. The maximum atomic E-state index is 13.2. The summed E-state index contributed by atoms with van der Waals surface area (Å²) in [4.78, 5) is 9.67. The third-order valence-electron chi connectivity index (χ3n) is 2.21. The first kappa shape index (κ1) is 13.3. The third-order valence-corrected chi connectivity index (χ3v) is 2.21. The van der Waals surface area contributed by atoms with Gasteiger partial charge in [0.05, 0.1) is 11.0 Å². The highest BCUT2D eigenvalue weighted by atomic mass is 19.1. The lowest BCUT2D eigenvalue weighted by atomic mass is 10.2. The van der Waals surface area contributed by atoms with Crippen LogP contribution >= 0.6 is 0 Å². The molecule has 0 spiro atoms. The first-order chi connectivity index (χ1) is 7.95. The van der Waals surface area contributed by atoms with Crippen LogP contribution in [-0.4, -0.2) is 22.7 Å². The number of aliphatic hydroxyl groups excluding tert-OH is 1. The van der Waals surface area contributed by atoms with Crippen LogP contribution < -0.4 is 5.32 Å². The van der Waals surface area contributed by atoms with Gasteiger partial charge in [-0.25, -0.2) is 4.39 Å². The Morgan fingerprint density at radius 1 is 1.53 bits per heavy atom. The van der Waals surface area contributed by atoms with Crippen LogP contribution in [0.3, 0.4) is 0 Å². The Balaban J connectivity index is 3.00. The summed E-state index contributed by atoms with van der Waals surface area (Å²) in [7, 11) is 0. The third kappa shape index (κ3) is 3.35. The number of nitro groups is 1. The number of rotatable bonds is 5. The second-order valence-corrected chi connectivity index (χ2v) is 3.48. The number of hydrogen-bond donors (Lipinski definition) is 2. The number of halogens is 2. The van der Waals surface area contributed by atoms with Crippen LogP contribution in [0.5, 0.6) is 0 Å². The fraction of sp³-hybridized carbons (Fsp3) is 0.400. The molecule has 1 aromatic carbocycles. The predicted molar refractivity (Wildman–Crippen MR) is 57.8 cm³/mol. The van der Waals surface area contributed by atoms with E-state index in [0.717, 1.165) is 6.07 Å². The van der Waals surface area contributed by atoms with Gasteiger partial charge in [-0.05, 0) is 6.42 Å². The summed E-state index contributed by atoms with van der Waals surface area (Å²) in [5.41, 5.74) is -1.10. The number of benzene rings is 1.